The summed E-state index contributed by atoms with van der Waals surface area (Å²) in [6.07, 6.45) is -0.430. The molecule has 0 fully saturated rings. The summed E-state index contributed by atoms with van der Waals surface area (Å²) in [6, 6.07) is 5.75. The number of fused-ring (bicyclic) bond motifs is 1. The number of ether oxygens (including phenoxy) is 2. The van der Waals surface area contributed by atoms with E-state index in [-0.39, 0.29) is 0 Å². The molecule has 0 spiro atoms. The third-order valence-electron chi connectivity index (χ3n) is 2.57. The number of hydrogen-bond donors (Lipinski definition) is 1. The Labute approximate surface area is 104 Å². The second kappa shape index (κ2) is 4.40. The average Bonchev–Trinajstić information content (AvgIpc) is 2.26. The number of benzene rings is 1. The van der Waals surface area contributed by atoms with Gasteiger partial charge in [0.05, 0.1) is 0 Å². The Kier molecular flexibility index (Phi) is 3.29. The second-order valence-electron chi connectivity index (χ2n) is 4.36. The van der Waals surface area contributed by atoms with Crippen LogP contribution in [0.25, 0.3) is 0 Å². The molecular formula is C12H15AsO3. The van der Waals surface area contributed by atoms with Crippen LogP contribution >= 0.6 is 0 Å². The molecule has 4 heteroatoms. The van der Waals surface area contributed by atoms with Crippen molar-refractivity contribution >= 4 is 16.9 Å². The van der Waals surface area contributed by atoms with Crippen LogP contribution in [0.1, 0.15) is 31.1 Å². The van der Waals surface area contributed by atoms with Gasteiger partial charge in [0, 0.05) is 0 Å². The maximum absolute atomic E-state index is 9.74. The molecule has 1 aliphatic heterocycles. The molecule has 1 N–H and O–H groups in total. The van der Waals surface area contributed by atoms with Crippen molar-refractivity contribution in [3.05, 3.63) is 29.3 Å². The topological polar surface area (TPSA) is 38.7 Å². The van der Waals surface area contributed by atoms with Gasteiger partial charge < -0.3 is 0 Å². The van der Waals surface area contributed by atoms with Crippen LogP contribution in [-0.4, -0.2) is 27.7 Å². The van der Waals surface area contributed by atoms with Crippen molar-refractivity contribution < 1.29 is 14.6 Å². The fourth-order valence-corrected chi connectivity index (χ4v) is 2.11. The van der Waals surface area contributed by atoms with E-state index in [2.05, 4.69) is 16.9 Å². The first-order chi connectivity index (χ1) is 7.52. The molecule has 1 aromatic carbocycles. The Morgan fingerprint density at radius 1 is 1.50 bits per heavy atom. The molecule has 1 atom stereocenters. The SMILES string of the molecule is CC1(C)OCc2cc(C(O)C[As])ccc2O1. The Balaban J connectivity index is 2.28. The van der Waals surface area contributed by atoms with E-state index >= 15 is 0 Å². The fourth-order valence-electron chi connectivity index (χ4n) is 1.67. The molecule has 0 aromatic heterocycles. The predicted octanol–water partition coefficient (Wildman–Crippen LogP) is 1.95. The van der Waals surface area contributed by atoms with Gasteiger partial charge in [0.25, 0.3) is 0 Å². The number of aliphatic hydroxyl groups excluding tert-OH is 1. The summed E-state index contributed by atoms with van der Waals surface area (Å²) in [6.45, 7) is 4.31. The van der Waals surface area contributed by atoms with Crippen molar-refractivity contribution in [3.63, 3.8) is 0 Å². The molecule has 0 aliphatic carbocycles. The first-order valence-corrected chi connectivity index (χ1v) is 6.59. The van der Waals surface area contributed by atoms with Crippen LogP contribution in [0.15, 0.2) is 18.2 Å². The van der Waals surface area contributed by atoms with Gasteiger partial charge in [0.15, 0.2) is 0 Å². The number of hydrogen-bond acceptors (Lipinski definition) is 3. The minimum atomic E-state index is -0.561. The van der Waals surface area contributed by atoms with E-state index in [1.807, 2.05) is 32.0 Å². The van der Waals surface area contributed by atoms with Crippen LogP contribution in [0.5, 0.6) is 5.75 Å². The monoisotopic (exact) mass is 282 g/mol. The van der Waals surface area contributed by atoms with Crippen molar-refractivity contribution in [2.75, 3.05) is 0 Å². The second-order valence-corrected chi connectivity index (χ2v) is 5.12. The Morgan fingerprint density at radius 2 is 2.25 bits per heavy atom. The van der Waals surface area contributed by atoms with Gasteiger partial charge in [-0.2, -0.15) is 0 Å². The molecule has 86 valence electrons. The summed E-state index contributed by atoms with van der Waals surface area (Å²) < 4.78 is 11.2. The van der Waals surface area contributed by atoms with Crippen LogP contribution in [0.3, 0.4) is 0 Å². The summed E-state index contributed by atoms with van der Waals surface area (Å²) in [5, 5.41) is 10.4. The van der Waals surface area contributed by atoms with Gasteiger partial charge >= 0.3 is 104 Å². The molecule has 3 nitrogen and oxygen atoms in total. The van der Waals surface area contributed by atoms with E-state index in [1.54, 1.807) is 0 Å². The van der Waals surface area contributed by atoms with Crippen LogP contribution in [-0.2, 0) is 11.3 Å². The number of aliphatic hydroxyl groups is 1. The standard InChI is InChI=1S/C12H15AsO3/c1-12(2)15-7-9-5-8(10(14)6-13)3-4-11(9)16-12/h3-5,10,14H,6-7H2,1-2H3. The molecule has 2 rings (SSSR count). The zero-order valence-electron chi connectivity index (χ0n) is 9.43. The molecule has 1 aliphatic rings. The summed E-state index contributed by atoms with van der Waals surface area (Å²) in [5.74, 6) is 0.284. The van der Waals surface area contributed by atoms with Crippen molar-refractivity contribution in [1.82, 2.24) is 0 Å². The van der Waals surface area contributed by atoms with Gasteiger partial charge in [0.2, 0.25) is 0 Å². The first kappa shape index (κ1) is 12.0. The minimum absolute atomic E-state index is 0.430. The Morgan fingerprint density at radius 3 is 2.94 bits per heavy atom. The molecule has 16 heavy (non-hydrogen) atoms. The van der Waals surface area contributed by atoms with E-state index in [4.69, 9.17) is 9.47 Å². The molecule has 1 aromatic rings. The molecule has 2 radical (unpaired) electrons. The van der Waals surface area contributed by atoms with Crippen LogP contribution in [0.2, 0.25) is 5.21 Å². The molecule has 0 bridgehead atoms. The molecule has 0 saturated carbocycles. The van der Waals surface area contributed by atoms with E-state index in [1.165, 1.54) is 0 Å². The van der Waals surface area contributed by atoms with E-state index < -0.39 is 11.9 Å². The zero-order valence-corrected chi connectivity index (χ0v) is 11.3. The van der Waals surface area contributed by atoms with Crippen LogP contribution in [0.4, 0.5) is 0 Å². The summed E-state index contributed by atoms with van der Waals surface area (Å²) in [4.78, 5) is 0. The van der Waals surface area contributed by atoms with Crippen molar-refractivity contribution in [2.24, 2.45) is 0 Å². The molecule has 1 heterocycles. The van der Waals surface area contributed by atoms with Crippen molar-refractivity contribution in [1.29, 1.82) is 0 Å². The Bertz CT molecular complexity index is 390. The molecule has 1 unspecified atom stereocenters. The normalized spacial score (nSPS) is 19.8. The summed E-state index contributed by atoms with van der Waals surface area (Å²) in [5.41, 5.74) is 1.91. The van der Waals surface area contributed by atoms with Crippen molar-refractivity contribution in [2.45, 2.75) is 37.6 Å². The number of rotatable bonds is 2. The van der Waals surface area contributed by atoms with E-state index in [0.29, 0.717) is 11.8 Å². The van der Waals surface area contributed by atoms with Gasteiger partial charge in [-0.05, 0) is 0 Å². The van der Waals surface area contributed by atoms with Crippen LogP contribution in [0, 0.1) is 0 Å². The summed E-state index contributed by atoms with van der Waals surface area (Å²) >= 11 is 2.39. The van der Waals surface area contributed by atoms with Gasteiger partial charge in [0.1, 0.15) is 0 Å². The third kappa shape index (κ3) is 2.42. The zero-order chi connectivity index (χ0) is 11.8. The predicted molar refractivity (Wildman–Crippen MR) is 61.5 cm³/mol. The quantitative estimate of drug-likeness (QED) is 0.843. The van der Waals surface area contributed by atoms with Gasteiger partial charge in [-0.25, -0.2) is 0 Å². The molecule has 0 amide bonds. The average molecular weight is 282 g/mol. The fraction of sp³-hybridized carbons (Fsp3) is 0.500. The van der Waals surface area contributed by atoms with Gasteiger partial charge in [-0.3, -0.25) is 0 Å². The molecule has 0 saturated heterocycles. The Hall–Kier alpha value is -0.502. The van der Waals surface area contributed by atoms with Gasteiger partial charge in [-0.15, -0.1) is 0 Å². The third-order valence-corrected chi connectivity index (χ3v) is 3.30. The van der Waals surface area contributed by atoms with E-state index in [9.17, 15) is 5.11 Å². The molecular weight excluding hydrogens is 267 g/mol. The van der Waals surface area contributed by atoms with Crippen LogP contribution < -0.4 is 4.74 Å². The van der Waals surface area contributed by atoms with Crippen molar-refractivity contribution in [3.8, 4) is 5.75 Å². The van der Waals surface area contributed by atoms with Gasteiger partial charge in [-0.1, -0.05) is 0 Å². The maximum atomic E-state index is 9.74. The first-order valence-electron chi connectivity index (χ1n) is 5.26. The van der Waals surface area contributed by atoms with E-state index in [0.717, 1.165) is 16.9 Å². The summed E-state index contributed by atoms with van der Waals surface area (Å²) in [7, 11) is 0.